The topological polar surface area (TPSA) is 58.6 Å². The van der Waals surface area contributed by atoms with E-state index in [-0.39, 0.29) is 0 Å². The highest BCUT2D eigenvalue weighted by Gasteiger charge is 2.23. The number of carbonyl (C=O) groups excluding carboxylic acids is 1. The summed E-state index contributed by atoms with van der Waals surface area (Å²) in [6.45, 7) is 7.25. The van der Waals surface area contributed by atoms with Crippen molar-refractivity contribution in [3.05, 3.63) is 48.0 Å². The first-order valence-electron chi connectivity index (χ1n) is 7.16. The first kappa shape index (κ1) is 17.2. The molecule has 0 aromatic heterocycles. The lowest BCUT2D eigenvalue weighted by atomic mass is 10.0. The molecule has 0 aliphatic carbocycles. The van der Waals surface area contributed by atoms with E-state index in [0.717, 1.165) is 5.56 Å². The first-order chi connectivity index (χ1) is 9.81. The molecule has 0 radical (unpaired) electrons. The number of hydrogen-bond donors (Lipinski definition) is 2. The van der Waals surface area contributed by atoms with Gasteiger partial charge in [0.1, 0.15) is 5.60 Å². The summed E-state index contributed by atoms with van der Waals surface area (Å²) in [5, 5.41) is 12.9. The molecule has 0 heterocycles. The zero-order valence-corrected chi connectivity index (χ0v) is 13.2. The Morgan fingerprint density at radius 1 is 1.33 bits per heavy atom. The fraction of sp³-hybridized carbons (Fsp3) is 0.471. The van der Waals surface area contributed by atoms with Crippen LogP contribution in [0.3, 0.4) is 0 Å². The van der Waals surface area contributed by atoms with E-state index >= 15 is 0 Å². The summed E-state index contributed by atoms with van der Waals surface area (Å²) < 4.78 is 5.25. The Labute approximate surface area is 126 Å². The van der Waals surface area contributed by atoms with Gasteiger partial charge < -0.3 is 15.2 Å². The molecule has 0 spiro atoms. The average Bonchev–Trinajstić information content (AvgIpc) is 2.37. The van der Waals surface area contributed by atoms with Crippen molar-refractivity contribution in [3.8, 4) is 0 Å². The summed E-state index contributed by atoms with van der Waals surface area (Å²) in [6, 6.07) is 9.29. The number of amides is 1. The molecule has 1 aromatic carbocycles. The van der Waals surface area contributed by atoms with Crippen molar-refractivity contribution >= 4 is 6.09 Å². The van der Waals surface area contributed by atoms with Crippen LogP contribution >= 0.6 is 0 Å². The molecular formula is C17H25NO3. The largest absolute Gasteiger partial charge is 0.444 e. The van der Waals surface area contributed by atoms with Crippen LogP contribution in [0.2, 0.25) is 0 Å². The monoisotopic (exact) mass is 291 g/mol. The normalized spacial score (nSPS) is 14.7. The van der Waals surface area contributed by atoms with E-state index in [4.69, 9.17) is 4.74 Å². The molecule has 0 fully saturated rings. The van der Waals surface area contributed by atoms with Crippen LogP contribution < -0.4 is 5.32 Å². The summed E-state index contributed by atoms with van der Waals surface area (Å²) in [4.78, 5) is 11.9. The number of benzene rings is 1. The van der Waals surface area contributed by atoms with E-state index in [1.165, 1.54) is 0 Å². The van der Waals surface area contributed by atoms with Crippen molar-refractivity contribution in [3.63, 3.8) is 0 Å². The van der Waals surface area contributed by atoms with Crippen LogP contribution in [0.5, 0.6) is 0 Å². The molecule has 2 N–H and O–H groups in total. The standard InChI is InChI=1S/C17H25NO3/c1-5-9-15(19)14(12-13-10-7-6-8-11-13)18-16(20)21-17(2,3)4/h5-11,14-15,19H,12H2,1-4H3,(H,18,20)/b9-5+/t14-,15+/m0/s1. The SMILES string of the molecule is C/C=C/[C@@H](O)[C@H](Cc1ccccc1)NC(=O)OC(C)(C)C. The van der Waals surface area contributed by atoms with Gasteiger partial charge in [-0.2, -0.15) is 0 Å². The van der Waals surface area contributed by atoms with E-state index < -0.39 is 23.8 Å². The number of carbonyl (C=O) groups is 1. The molecule has 0 unspecified atom stereocenters. The highest BCUT2D eigenvalue weighted by Crippen LogP contribution is 2.10. The van der Waals surface area contributed by atoms with Crippen molar-refractivity contribution < 1.29 is 14.6 Å². The molecule has 4 nitrogen and oxygen atoms in total. The third kappa shape index (κ3) is 6.95. The highest BCUT2D eigenvalue weighted by molar-refractivity contribution is 5.68. The number of hydrogen-bond acceptors (Lipinski definition) is 3. The molecule has 1 rings (SSSR count). The molecule has 0 saturated carbocycles. The van der Waals surface area contributed by atoms with E-state index in [9.17, 15) is 9.90 Å². The Morgan fingerprint density at radius 2 is 1.95 bits per heavy atom. The molecule has 4 heteroatoms. The van der Waals surface area contributed by atoms with Crippen molar-refractivity contribution in [2.45, 2.75) is 51.9 Å². The molecule has 2 atom stereocenters. The molecule has 0 aliphatic heterocycles. The van der Waals surface area contributed by atoms with Gasteiger partial charge in [0.25, 0.3) is 0 Å². The Balaban J connectivity index is 2.75. The molecule has 116 valence electrons. The van der Waals surface area contributed by atoms with Gasteiger partial charge in [-0.3, -0.25) is 0 Å². The second-order valence-corrected chi connectivity index (χ2v) is 5.96. The van der Waals surface area contributed by atoms with E-state index in [1.54, 1.807) is 32.9 Å². The van der Waals surface area contributed by atoms with Crippen LogP contribution in [-0.4, -0.2) is 28.9 Å². The quantitative estimate of drug-likeness (QED) is 0.820. The number of allylic oxidation sites excluding steroid dienone is 1. The van der Waals surface area contributed by atoms with Crippen molar-refractivity contribution in [2.24, 2.45) is 0 Å². The smallest absolute Gasteiger partial charge is 0.407 e. The van der Waals surface area contributed by atoms with Crippen LogP contribution in [0.25, 0.3) is 0 Å². The van der Waals surface area contributed by atoms with Gasteiger partial charge in [-0.1, -0.05) is 42.5 Å². The molecular weight excluding hydrogens is 266 g/mol. The van der Waals surface area contributed by atoms with Crippen LogP contribution in [-0.2, 0) is 11.2 Å². The Hall–Kier alpha value is -1.81. The lowest BCUT2D eigenvalue weighted by molar-refractivity contribution is 0.0455. The lowest BCUT2D eigenvalue weighted by Crippen LogP contribution is -2.46. The van der Waals surface area contributed by atoms with E-state index in [1.807, 2.05) is 37.3 Å². The molecule has 0 saturated heterocycles. The minimum Gasteiger partial charge on any atom is -0.444 e. The second-order valence-electron chi connectivity index (χ2n) is 5.96. The van der Waals surface area contributed by atoms with Gasteiger partial charge in [0.05, 0.1) is 12.1 Å². The summed E-state index contributed by atoms with van der Waals surface area (Å²) >= 11 is 0. The van der Waals surface area contributed by atoms with Gasteiger partial charge >= 0.3 is 6.09 Å². The Bertz CT molecular complexity index is 463. The zero-order valence-electron chi connectivity index (χ0n) is 13.2. The summed E-state index contributed by atoms with van der Waals surface area (Å²) in [5.74, 6) is 0. The zero-order chi connectivity index (χ0) is 15.9. The predicted octanol–water partition coefficient (Wildman–Crippen LogP) is 3.06. The molecule has 0 aliphatic rings. The Kier molecular flexibility index (Phi) is 6.43. The Morgan fingerprint density at radius 3 is 2.48 bits per heavy atom. The third-order valence-electron chi connectivity index (χ3n) is 2.80. The fourth-order valence-electron chi connectivity index (χ4n) is 1.92. The number of aliphatic hydroxyl groups excluding tert-OH is 1. The van der Waals surface area contributed by atoms with Gasteiger partial charge in [-0.15, -0.1) is 0 Å². The predicted molar refractivity (Wildman–Crippen MR) is 84.1 cm³/mol. The van der Waals surface area contributed by atoms with Crippen LogP contribution in [0.4, 0.5) is 4.79 Å². The van der Waals surface area contributed by atoms with Gasteiger partial charge in [-0.05, 0) is 39.7 Å². The van der Waals surface area contributed by atoms with E-state index in [2.05, 4.69) is 5.32 Å². The number of ether oxygens (including phenoxy) is 1. The summed E-state index contributed by atoms with van der Waals surface area (Å²) in [7, 11) is 0. The number of alkyl carbamates (subject to hydrolysis) is 1. The number of aliphatic hydroxyl groups is 1. The van der Waals surface area contributed by atoms with Crippen molar-refractivity contribution in [2.75, 3.05) is 0 Å². The maximum absolute atomic E-state index is 11.9. The van der Waals surface area contributed by atoms with Gasteiger partial charge in [0, 0.05) is 0 Å². The van der Waals surface area contributed by atoms with Gasteiger partial charge in [0.15, 0.2) is 0 Å². The molecule has 1 aromatic rings. The molecule has 0 bridgehead atoms. The van der Waals surface area contributed by atoms with Crippen molar-refractivity contribution in [1.82, 2.24) is 5.32 Å². The van der Waals surface area contributed by atoms with Crippen LogP contribution in [0.15, 0.2) is 42.5 Å². The van der Waals surface area contributed by atoms with E-state index in [0.29, 0.717) is 6.42 Å². The minimum atomic E-state index is -0.761. The number of nitrogens with one attached hydrogen (secondary N) is 1. The van der Waals surface area contributed by atoms with Gasteiger partial charge in [0.2, 0.25) is 0 Å². The van der Waals surface area contributed by atoms with Crippen LogP contribution in [0.1, 0.15) is 33.3 Å². The van der Waals surface area contributed by atoms with Crippen LogP contribution in [0, 0.1) is 0 Å². The van der Waals surface area contributed by atoms with Crippen molar-refractivity contribution in [1.29, 1.82) is 0 Å². The number of rotatable bonds is 5. The first-order valence-corrected chi connectivity index (χ1v) is 7.16. The average molecular weight is 291 g/mol. The minimum absolute atomic E-state index is 0.432. The fourth-order valence-corrected chi connectivity index (χ4v) is 1.92. The second kappa shape index (κ2) is 7.84. The maximum Gasteiger partial charge on any atom is 0.407 e. The molecule has 21 heavy (non-hydrogen) atoms. The summed E-state index contributed by atoms with van der Waals surface area (Å²) in [5.41, 5.74) is 0.481. The summed E-state index contributed by atoms with van der Waals surface area (Å²) in [6.07, 6.45) is 2.67. The molecule has 1 amide bonds. The lowest BCUT2D eigenvalue weighted by Gasteiger charge is -2.25. The maximum atomic E-state index is 11.9. The third-order valence-corrected chi connectivity index (χ3v) is 2.80. The highest BCUT2D eigenvalue weighted by atomic mass is 16.6. The van der Waals surface area contributed by atoms with Gasteiger partial charge in [-0.25, -0.2) is 4.79 Å².